The van der Waals surface area contributed by atoms with Crippen LogP contribution in [0.2, 0.25) is 0 Å². The minimum absolute atomic E-state index is 0.529. The van der Waals surface area contributed by atoms with Crippen LogP contribution in [0.4, 0.5) is 0 Å². The van der Waals surface area contributed by atoms with Gasteiger partial charge in [0.15, 0.2) is 0 Å². The summed E-state index contributed by atoms with van der Waals surface area (Å²) in [5.41, 5.74) is 0. The van der Waals surface area contributed by atoms with Gasteiger partial charge in [0.1, 0.15) is 0 Å². The van der Waals surface area contributed by atoms with Crippen LogP contribution in [0.5, 0.6) is 0 Å². The molecule has 0 saturated carbocycles. The van der Waals surface area contributed by atoms with E-state index in [2.05, 4.69) is 13.8 Å². The summed E-state index contributed by atoms with van der Waals surface area (Å²) in [4.78, 5) is 0. The fraction of sp³-hybridized carbons (Fsp3) is 1.00. The first-order valence-corrected chi connectivity index (χ1v) is 5.93. The molecule has 2 heteroatoms. The van der Waals surface area contributed by atoms with Gasteiger partial charge in [-0.05, 0) is 0 Å². The second-order valence-corrected chi connectivity index (χ2v) is 5.15. The van der Waals surface area contributed by atoms with Crippen molar-refractivity contribution < 1.29 is 23.0 Å². The molecule has 0 aromatic rings. The van der Waals surface area contributed by atoms with Crippen LogP contribution >= 0.6 is 0 Å². The van der Waals surface area contributed by atoms with Crippen LogP contribution in [-0.4, -0.2) is 11.3 Å². The Balaban J connectivity index is 2.77. The van der Waals surface area contributed by atoms with Gasteiger partial charge in [-0.3, -0.25) is 0 Å². The fourth-order valence-corrected chi connectivity index (χ4v) is 1.16. The maximum absolute atomic E-state index is 5.44. The number of unbranched alkanes of at least 4 members (excludes halogenated alkanes) is 3. The van der Waals surface area contributed by atoms with Crippen molar-refractivity contribution in [3.63, 3.8) is 0 Å². The first-order chi connectivity index (χ1) is 4.77. The first-order valence-electron chi connectivity index (χ1n) is 4.22. The standard InChI is InChI=1S/C8H17O.Zn/c1-3-5-6-7-8-9-4-2;/h4H,3,5-8H2,1-2H3;. The summed E-state index contributed by atoms with van der Waals surface area (Å²) in [5, 5.41) is 0. The third-order valence-corrected chi connectivity index (χ3v) is 1.89. The van der Waals surface area contributed by atoms with Crippen molar-refractivity contribution in [2.24, 2.45) is 0 Å². The Morgan fingerprint density at radius 3 is 2.50 bits per heavy atom. The molecular weight excluding hydrogens is 177 g/mol. The van der Waals surface area contributed by atoms with Gasteiger partial charge in [-0.25, -0.2) is 0 Å². The number of rotatable bonds is 6. The van der Waals surface area contributed by atoms with Gasteiger partial charge in [0.25, 0.3) is 0 Å². The van der Waals surface area contributed by atoms with Crippen molar-refractivity contribution in [3.05, 3.63) is 0 Å². The van der Waals surface area contributed by atoms with E-state index < -0.39 is 0 Å². The Morgan fingerprint density at radius 2 is 2.00 bits per heavy atom. The van der Waals surface area contributed by atoms with Crippen LogP contribution in [0, 0.1) is 0 Å². The van der Waals surface area contributed by atoms with Crippen LogP contribution < -0.4 is 0 Å². The molecule has 57 valence electrons. The van der Waals surface area contributed by atoms with Gasteiger partial charge in [0.05, 0.1) is 0 Å². The Bertz CT molecular complexity index is 64.3. The predicted octanol–water partition coefficient (Wildman–Crippen LogP) is 2.48. The number of ether oxygens (including phenoxy) is 1. The molecule has 0 N–H and O–H groups in total. The van der Waals surface area contributed by atoms with Gasteiger partial charge in [-0.2, -0.15) is 0 Å². The topological polar surface area (TPSA) is 9.23 Å². The van der Waals surface area contributed by atoms with E-state index >= 15 is 0 Å². The van der Waals surface area contributed by atoms with E-state index in [0.717, 1.165) is 6.61 Å². The third-order valence-electron chi connectivity index (χ3n) is 1.40. The van der Waals surface area contributed by atoms with E-state index in [1.807, 2.05) is 0 Å². The molecule has 0 aromatic heterocycles. The molecule has 1 nitrogen and oxygen atoms in total. The summed E-state index contributed by atoms with van der Waals surface area (Å²) in [6.45, 7) is 5.34. The van der Waals surface area contributed by atoms with E-state index in [0.29, 0.717) is 4.70 Å². The van der Waals surface area contributed by atoms with Crippen LogP contribution in [0.15, 0.2) is 0 Å². The van der Waals surface area contributed by atoms with Crippen molar-refractivity contribution in [1.29, 1.82) is 0 Å². The normalized spacial score (nSPS) is 13.6. The minimum atomic E-state index is 0.529. The van der Waals surface area contributed by atoms with Crippen molar-refractivity contribution >= 4 is 0 Å². The fourth-order valence-electron chi connectivity index (χ4n) is 0.813. The average molecular weight is 195 g/mol. The molecule has 0 saturated heterocycles. The van der Waals surface area contributed by atoms with E-state index in [1.165, 1.54) is 44.0 Å². The first kappa shape index (κ1) is 10.6. The van der Waals surface area contributed by atoms with Crippen LogP contribution in [0.25, 0.3) is 0 Å². The molecule has 0 aliphatic carbocycles. The second-order valence-electron chi connectivity index (χ2n) is 2.74. The molecule has 0 heterocycles. The zero-order valence-corrected chi connectivity index (χ0v) is 10.2. The molecule has 0 bridgehead atoms. The predicted molar refractivity (Wildman–Crippen MR) is 39.6 cm³/mol. The number of hydrogen-bond acceptors (Lipinski definition) is 1. The van der Waals surface area contributed by atoms with E-state index in [9.17, 15) is 0 Å². The molecule has 1 atom stereocenters. The monoisotopic (exact) mass is 193 g/mol. The van der Waals surface area contributed by atoms with Crippen molar-refractivity contribution in [1.82, 2.24) is 0 Å². The van der Waals surface area contributed by atoms with Gasteiger partial charge in [-0.15, -0.1) is 0 Å². The van der Waals surface area contributed by atoms with Crippen LogP contribution in [0.3, 0.4) is 0 Å². The molecule has 0 aromatic carbocycles. The molecule has 0 amide bonds. The molecular formula is C8H17OZn. The summed E-state index contributed by atoms with van der Waals surface area (Å²) in [6, 6.07) is 0. The average Bonchev–Trinajstić information content (AvgIpc) is 1.87. The van der Waals surface area contributed by atoms with Gasteiger partial charge in [-0.1, -0.05) is 0 Å². The van der Waals surface area contributed by atoms with Gasteiger partial charge < -0.3 is 0 Å². The summed E-state index contributed by atoms with van der Waals surface area (Å²) < 4.78 is 5.97. The molecule has 0 aliphatic heterocycles. The van der Waals surface area contributed by atoms with Gasteiger partial charge >= 0.3 is 73.9 Å². The van der Waals surface area contributed by atoms with Crippen LogP contribution in [-0.2, 0) is 23.0 Å². The zero-order valence-electron chi connectivity index (χ0n) is 7.23. The quantitative estimate of drug-likeness (QED) is 0.466. The maximum atomic E-state index is 5.44. The van der Waals surface area contributed by atoms with Crippen molar-refractivity contribution in [2.45, 2.75) is 44.2 Å². The van der Waals surface area contributed by atoms with E-state index in [-0.39, 0.29) is 0 Å². The Labute approximate surface area is 74.2 Å². The molecule has 0 rings (SSSR count). The number of hydrogen-bond donors (Lipinski definition) is 0. The second kappa shape index (κ2) is 7.69. The summed E-state index contributed by atoms with van der Waals surface area (Å²) in [7, 11) is 0. The van der Waals surface area contributed by atoms with E-state index in [1.54, 1.807) is 0 Å². The SMILES string of the molecule is CCCCCCO[CH](C)[Zn]. The Morgan fingerprint density at radius 1 is 1.30 bits per heavy atom. The molecule has 0 fully saturated rings. The summed E-state index contributed by atoms with van der Waals surface area (Å²) in [6.07, 6.45) is 5.26. The molecule has 1 unspecified atom stereocenters. The molecule has 10 heavy (non-hydrogen) atoms. The van der Waals surface area contributed by atoms with Crippen molar-refractivity contribution in [2.75, 3.05) is 6.61 Å². The summed E-state index contributed by atoms with van der Waals surface area (Å²) in [5.74, 6) is 0. The zero-order chi connectivity index (χ0) is 7.82. The molecule has 0 spiro atoms. The van der Waals surface area contributed by atoms with E-state index in [4.69, 9.17) is 4.74 Å². The molecule has 0 radical (unpaired) electrons. The van der Waals surface area contributed by atoms with Gasteiger partial charge in [0, 0.05) is 0 Å². The Kier molecular flexibility index (Phi) is 8.14. The third kappa shape index (κ3) is 8.58. The van der Waals surface area contributed by atoms with Crippen LogP contribution in [0.1, 0.15) is 39.5 Å². The van der Waals surface area contributed by atoms with Gasteiger partial charge in [0.2, 0.25) is 0 Å². The van der Waals surface area contributed by atoms with Crippen molar-refractivity contribution in [3.8, 4) is 0 Å². The molecule has 0 aliphatic rings. The Hall–Kier alpha value is 0.583. The summed E-state index contributed by atoms with van der Waals surface area (Å²) >= 11 is 1.26.